The van der Waals surface area contributed by atoms with E-state index in [1.807, 2.05) is 54.6 Å². The van der Waals surface area contributed by atoms with E-state index in [-0.39, 0.29) is 37.9 Å². The van der Waals surface area contributed by atoms with Gasteiger partial charge in [0.2, 0.25) is 5.91 Å². The Morgan fingerprint density at radius 2 is 1.73 bits per heavy atom. The maximum Gasteiger partial charge on any atom is 0.326 e. The average molecular weight is 475 g/mol. The van der Waals surface area contributed by atoms with Gasteiger partial charge in [-0.2, -0.15) is 0 Å². The van der Waals surface area contributed by atoms with Crippen LogP contribution in [0, 0.1) is 0 Å². The first-order chi connectivity index (χ1) is 15.4. The molecule has 0 spiro atoms. The topological polar surface area (TPSA) is 95.9 Å². The summed E-state index contributed by atoms with van der Waals surface area (Å²) < 4.78 is 5.20. The summed E-state index contributed by atoms with van der Waals surface area (Å²) in [6.45, 7) is 3.88. The van der Waals surface area contributed by atoms with Crippen molar-refractivity contribution in [2.24, 2.45) is 0 Å². The van der Waals surface area contributed by atoms with Crippen molar-refractivity contribution >= 4 is 30.3 Å². The predicted molar refractivity (Wildman–Crippen MR) is 127 cm³/mol. The van der Waals surface area contributed by atoms with Crippen molar-refractivity contribution in [1.82, 2.24) is 10.2 Å². The number of hydrogen-bond donors (Lipinski definition) is 2. The van der Waals surface area contributed by atoms with E-state index in [0.29, 0.717) is 12.8 Å². The van der Waals surface area contributed by atoms with Crippen molar-refractivity contribution in [2.45, 2.75) is 57.8 Å². The van der Waals surface area contributed by atoms with Gasteiger partial charge >= 0.3 is 11.9 Å². The van der Waals surface area contributed by atoms with E-state index in [0.717, 1.165) is 16.7 Å². The molecule has 0 radical (unpaired) electrons. The van der Waals surface area contributed by atoms with Crippen molar-refractivity contribution in [1.29, 1.82) is 0 Å². The van der Waals surface area contributed by atoms with E-state index in [2.05, 4.69) is 5.32 Å². The van der Waals surface area contributed by atoms with Gasteiger partial charge in [0.05, 0.1) is 12.6 Å². The van der Waals surface area contributed by atoms with E-state index in [4.69, 9.17) is 4.74 Å². The van der Waals surface area contributed by atoms with E-state index in [1.54, 1.807) is 13.8 Å². The number of hydrogen-bond acceptors (Lipinski definition) is 5. The molecule has 0 saturated carbocycles. The van der Waals surface area contributed by atoms with E-state index < -0.39 is 30.1 Å². The summed E-state index contributed by atoms with van der Waals surface area (Å²) in [5.41, 5.74) is 2.97. The van der Waals surface area contributed by atoms with Gasteiger partial charge in [0.15, 0.2) is 0 Å². The molecule has 2 N–H and O–H groups in total. The Morgan fingerprint density at radius 3 is 2.36 bits per heavy atom. The number of nitrogens with zero attached hydrogens (tertiary/aromatic N) is 1. The minimum absolute atomic E-state index is 0. The first-order valence-electron chi connectivity index (χ1n) is 11.0. The highest BCUT2D eigenvalue weighted by atomic mass is 35.5. The minimum atomic E-state index is -1.04. The first kappa shape index (κ1) is 26.4. The molecule has 0 bridgehead atoms. The summed E-state index contributed by atoms with van der Waals surface area (Å²) >= 11 is 0. The molecule has 1 amide bonds. The van der Waals surface area contributed by atoms with Gasteiger partial charge in [-0.1, -0.05) is 54.6 Å². The lowest BCUT2D eigenvalue weighted by molar-refractivity contribution is -0.153. The van der Waals surface area contributed by atoms with E-state index in [9.17, 15) is 19.5 Å². The van der Waals surface area contributed by atoms with E-state index in [1.165, 1.54) is 4.90 Å². The van der Waals surface area contributed by atoms with Gasteiger partial charge in [-0.05, 0) is 43.4 Å². The van der Waals surface area contributed by atoms with Crippen molar-refractivity contribution in [3.05, 3.63) is 71.3 Å². The Hall–Kier alpha value is -2.90. The molecule has 33 heavy (non-hydrogen) atoms. The molecule has 3 rings (SSSR count). The number of ether oxygens (including phenoxy) is 1. The van der Waals surface area contributed by atoms with Crippen molar-refractivity contribution in [3.8, 4) is 0 Å². The summed E-state index contributed by atoms with van der Waals surface area (Å²) in [5, 5.41) is 12.8. The number of fused-ring (bicyclic) bond motifs is 1. The number of carbonyl (C=O) groups is 3. The lowest BCUT2D eigenvalue weighted by atomic mass is 9.93. The summed E-state index contributed by atoms with van der Waals surface area (Å²) in [6.07, 6.45) is 1.37. The number of carboxylic acids is 1. The molecule has 1 unspecified atom stereocenters. The number of esters is 1. The molecule has 0 aliphatic carbocycles. The quantitative estimate of drug-likeness (QED) is 0.542. The number of benzene rings is 2. The fourth-order valence-corrected chi connectivity index (χ4v) is 4.06. The molecule has 178 valence electrons. The Bertz CT molecular complexity index is 953. The highest BCUT2D eigenvalue weighted by Crippen LogP contribution is 2.24. The van der Waals surface area contributed by atoms with Crippen LogP contribution in [0.15, 0.2) is 54.6 Å². The fourth-order valence-electron chi connectivity index (χ4n) is 4.06. The Kier molecular flexibility index (Phi) is 9.88. The van der Waals surface area contributed by atoms with Crippen LogP contribution in [0.25, 0.3) is 0 Å². The van der Waals surface area contributed by atoms with Crippen molar-refractivity contribution in [3.63, 3.8) is 0 Å². The van der Waals surface area contributed by atoms with Crippen LogP contribution in [0.4, 0.5) is 0 Å². The monoisotopic (exact) mass is 474 g/mol. The van der Waals surface area contributed by atoms with Gasteiger partial charge in [0.25, 0.3) is 0 Å². The molecule has 2 aromatic rings. The summed E-state index contributed by atoms with van der Waals surface area (Å²) in [7, 11) is 0. The van der Waals surface area contributed by atoms with Crippen LogP contribution in [-0.4, -0.2) is 52.6 Å². The molecule has 0 saturated heterocycles. The van der Waals surface area contributed by atoms with Crippen molar-refractivity contribution in [2.75, 3.05) is 6.61 Å². The Morgan fingerprint density at radius 1 is 1.09 bits per heavy atom. The van der Waals surface area contributed by atoms with Crippen LogP contribution in [0.3, 0.4) is 0 Å². The van der Waals surface area contributed by atoms with Crippen LogP contribution >= 0.6 is 12.4 Å². The molecule has 2 aromatic carbocycles. The second-order valence-electron chi connectivity index (χ2n) is 8.01. The third kappa shape index (κ3) is 6.79. The molecule has 0 fully saturated rings. The van der Waals surface area contributed by atoms with Crippen LogP contribution in [0.2, 0.25) is 0 Å². The number of halogens is 1. The third-order valence-corrected chi connectivity index (χ3v) is 5.77. The number of amides is 1. The maximum atomic E-state index is 13.3. The van der Waals surface area contributed by atoms with Crippen molar-refractivity contribution < 1.29 is 24.2 Å². The normalized spacial score (nSPS) is 16.7. The number of aryl methyl sites for hydroxylation is 1. The molecular weight excluding hydrogens is 444 g/mol. The van der Waals surface area contributed by atoms with Gasteiger partial charge in [-0.3, -0.25) is 14.9 Å². The smallest absolute Gasteiger partial charge is 0.326 e. The van der Waals surface area contributed by atoms with Crippen LogP contribution in [0.1, 0.15) is 37.0 Å². The Labute approximate surface area is 200 Å². The minimum Gasteiger partial charge on any atom is -0.480 e. The molecule has 3 atom stereocenters. The molecule has 8 heteroatoms. The SMILES string of the molecule is CCOC(=O)[C@H](CCc1ccccc1)N[C@@H](C)C(=O)N1Cc2ccccc2CC1C(=O)O.Cl. The zero-order valence-electron chi connectivity index (χ0n) is 18.9. The summed E-state index contributed by atoms with van der Waals surface area (Å²) in [5.74, 6) is -1.80. The number of carboxylic acid groups (broad SMARTS) is 1. The zero-order chi connectivity index (χ0) is 23.1. The number of rotatable bonds is 9. The van der Waals surface area contributed by atoms with Gasteiger partial charge < -0.3 is 14.7 Å². The van der Waals surface area contributed by atoms with Crippen LogP contribution in [-0.2, 0) is 38.5 Å². The van der Waals surface area contributed by atoms with Gasteiger partial charge in [-0.25, -0.2) is 4.79 Å². The average Bonchev–Trinajstić information content (AvgIpc) is 2.80. The maximum absolute atomic E-state index is 13.3. The molecule has 7 nitrogen and oxygen atoms in total. The van der Waals surface area contributed by atoms with Crippen LogP contribution in [0.5, 0.6) is 0 Å². The summed E-state index contributed by atoms with van der Waals surface area (Å²) in [6, 6.07) is 15.0. The molecule has 1 aliphatic heterocycles. The second kappa shape index (κ2) is 12.4. The highest BCUT2D eigenvalue weighted by molar-refractivity contribution is 5.88. The molecule has 0 aromatic heterocycles. The molecule has 1 aliphatic rings. The zero-order valence-corrected chi connectivity index (χ0v) is 19.7. The fraction of sp³-hybridized carbons (Fsp3) is 0.400. The van der Waals surface area contributed by atoms with E-state index >= 15 is 0 Å². The molecular formula is C25H31ClN2O5. The van der Waals surface area contributed by atoms with Crippen LogP contribution < -0.4 is 5.32 Å². The first-order valence-corrected chi connectivity index (χ1v) is 11.0. The Balaban J connectivity index is 0.00000385. The second-order valence-corrected chi connectivity index (χ2v) is 8.01. The lowest BCUT2D eigenvalue weighted by Crippen LogP contribution is -2.56. The standard InChI is InChI=1S/C25H30N2O5.ClH/c1-3-32-25(31)21(14-13-18-9-5-4-6-10-18)26-17(2)23(28)27-16-20-12-8-7-11-19(20)15-22(27)24(29)30;/h4-12,17,21-22,26H,3,13-16H2,1-2H3,(H,29,30);1H/t17-,21-,22?;/m0./s1. The predicted octanol–water partition coefficient (Wildman–Crippen LogP) is 2.99. The van der Waals surface area contributed by atoms with Gasteiger partial charge in [0, 0.05) is 13.0 Å². The molecule has 1 heterocycles. The highest BCUT2D eigenvalue weighted by Gasteiger charge is 2.37. The van der Waals surface area contributed by atoms with Gasteiger partial charge in [0.1, 0.15) is 12.1 Å². The van der Waals surface area contributed by atoms with Gasteiger partial charge in [-0.15, -0.1) is 12.4 Å². The largest absolute Gasteiger partial charge is 0.480 e. The third-order valence-electron chi connectivity index (χ3n) is 5.77. The number of aliphatic carboxylic acids is 1. The summed E-state index contributed by atoms with van der Waals surface area (Å²) in [4.78, 5) is 39.1. The number of carbonyl (C=O) groups excluding carboxylic acids is 2. The number of nitrogens with one attached hydrogen (secondary N) is 1. The lowest BCUT2D eigenvalue weighted by Gasteiger charge is -2.36.